The van der Waals surface area contributed by atoms with Gasteiger partial charge in [-0.05, 0) is 12.1 Å². The zero-order valence-electron chi connectivity index (χ0n) is 5.60. The topological polar surface area (TPSA) is 0 Å². The Hall–Kier alpha value is 0.280. The molecule has 0 aliphatic carbocycles. The molecular formula is C7H8Cl2S. The van der Waals surface area contributed by atoms with Crippen LogP contribution in [0.15, 0.2) is 12.1 Å². The van der Waals surface area contributed by atoms with Crippen molar-refractivity contribution in [1.82, 2.24) is 0 Å². The first kappa shape index (κ1) is 8.38. The molecule has 10 heavy (non-hydrogen) atoms. The SMILES string of the molecule is CC(CCl)c1ccc(Cl)s1. The van der Waals surface area contributed by atoms with Crippen LogP contribution < -0.4 is 0 Å². The van der Waals surface area contributed by atoms with E-state index >= 15 is 0 Å². The summed E-state index contributed by atoms with van der Waals surface area (Å²) in [6.45, 7) is 2.09. The van der Waals surface area contributed by atoms with Crippen LogP contribution in [0.2, 0.25) is 4.34 Å². The molecule has 0 aromatic carbocycles. The number of hydrogen-bond acceptors (Lipinski definition) is 1. The van der Waals surface area contributed by atoms with Crippen molar-refractivity contribution in [1.29, 1.82) is 0 Å². The Bertz CT molecular complexity index is 207. The van der Waals surface area contributed by atoms with Crippen LogP contribution in [-0.4, -0.2) is 5.88 Å². The summed E-state index contributed by atoms with van der Waals surface area (Å²) < 4.78 is 0.840. The van der Waals surface area contributed by atoms with E-state index in [1.165, 1.54) is 4.88 Å². The monoisotopic (exact) mass is 194 g/mol. The van der Waals surface area contributed by atoms with Crippen molar-refractivity contribution < 1.29 is 0 Å². The average Bonchev–Trinajstić information content (AvgIpc) is 2.34. The molecule has 0 fully saturated rings. The number of rotatable bonds is 2. The first-order chi connectivity index (χ1) is 4.74. The van der Waals surface area contributed by atoms with E-state index in [4.69, 9.17) is 23.2 Å². The third-order valence-corrected chi connectivity index (χ3v) is 3.24. The minimum absolute atomic E-state index is 0.430. The van der Waals surface area contributed by atoms with Crippen LogP contribution in [-0.2, 0) is 0 Å². The van der Waals surface area contributed by atoms with Crippen LogP contribution in [0.4, 0.5) is 0 Å². The number of hydrogen-bond donors (Lipinski definition) is 0. The normalized spacial score (nSPS) is 13.5. The highest BCUT2D eigenvalue weighted by Crippen LogP contribution is 2.28. The number of thiophene rings is 1. The predicted octanol–water partition coefficient (Wildman–Crippen LogP) is 3.74. The van der Waals surface area contributed by atoms with Crippen molar-refractivity contribution in [2.45, 2.75) is 12.8 Å². The van der Waals surface area contributed by atoms with Gasteiger partial charge < -0.3 is 0 Å². The van der Waals surface area contributed by atoms with Crippen LogP contribution in [0.5, 0.6) is 0 Å². The van der Waals surface area contributed by atoms with Gasteiger partial charge in [-0.1, -0.05) is 18.5 Å². The molecule has 56 valence electrons. The van der Waals surface area contributed by atoms with E-state index in [9.17, 15) is 0 Å². The lowest BCUT2D eigenvalue weighted by molar-refractivity contribution is 0.899. The highest BCUT2D eigenvalue weighted by molar-refractivity contribution is 7.16. The second-order valence-corrected chi connectivity index (χ2v) is 4.25. The van der Waals surface area contributed by atoms with Crippen LogP contribution in [0.1, 0.15) is 17.7 Å². The summed E-state index contributed by atoms with van der Waals surface area (Å²) in [5, 5.41) is 0. The van der Waals surface area contributed by atoms with E-state index in [0.29, 0.717) is 11.8 Å². The van der Waals surface area contributed by atoms with E-state index in [1.54, 1.807) is 11.3 Å². The van der Waals surface area contributed by atoms with Crippen LogP contribution >= 0.6 is 34.5 Å². The molecule has 0 bridgehead atoms. The van der Waals surface area contributed by atoms with Gasteiger partial charge in [0.05, 0.1) is 4.34 Å². The average molecular weight is 195 g/mol. The quantitative estimate of drug-likeness (QED) is 0.630. The van der Waals surface area contributed by atoms with Crippen molar-refractivity contribution in [3.8, 4) is 0 Å². The van der Waals surface area contributed by atoms with Gasteiger partial charge in [-0.3, -0.25) is 0 Å². The zero-order valence-corrected chi connectivity index (χ0v) is 7.93. The zero-order chi connectivity index (χ0) is 7.56. The lowest BCUT2D eigenvalue weighted by Crippen LogP contribution is -1.88. The molecule has 0 radical (unpaired) electrons. The third-order valence-electron chi connectivity index (χ3n) is 1.31. The van der Waals surface area contributed by atoms with Gasteiger partial charge >= 0.3 is 0 Å². The van der Waals surface area contributed by atoms with Gasteiger partial charge in [0.2, 0.25) is 0 Å². The molecule has 3 heteroatoms. The maximum atomic E-state index is 5.74. The molecule has 1 unspecified atom stereocenters. The molecule has 1 rings (SSSR count). The molecule has 0 saturated carbocycles. The van der Waals surface area contributed by atoms with Gasteiger partial charge in [0.1, 0.15) is 0 Å². The second kappa shape index (κ2) is 3.61. The maximum Gasteiger partial charge on any atom is 0.0931 e. The van der Waals surface area contributed by atoms with E-state index < -0.39 is 0 Å². The van der Waals surface area contributed by atoms with Crippen molar-refractivity contribution in [3.63, 3.8) is 0 Å². The fourth-order valence-corrected chi connectivity index (χ4v) is 2.04. The van der Waals surface area contributed by atoms with Gasteiger partial charge in [-0.25, -0.2) is 0 Å². The summed E-state index contributed by atoms with van der Waals surface area (Å²) in [6, 6.07) is 3.94. The smallest absolute Gasteiger partial charge is 0.0931 e. The predicted molar refractivity (Wildman–Crippen MR) is 48.5 cm³/mol. The summed E-state index contributed by atoms with van der Waals surface area (Å²) >= 11 is 13.0. The largest absolute Gasteiger partial charge is 0.128 e. The molecule has 0 saturated heterocycles. The minimum atomic E-state index is 0.430. The Labute approximate surface area is 74.8 Å². The lowest BCUT2D eigenvalue weighted by atomic mass is 10.2. The fraction of sp³-hybridized carbons (Fsp3) is 0.429. The summed E-state index contributed by atoms with van der Waals surface area (Å²) in [5.74, 6) is 1.09. The number of halogens is 2. The Balaban J connectivity index is 2.74. The molecule has 1 heterocycles. The van der Waals surface area contributed by atoms with E-state index in [1.807, 2.05) is 12.1 Å². The van der Waals surface area contributed by atoms with Crippen molar-refractivity contribution in [2.75, 3.05) is 5.88 Å². The molecule has 1 atom stereocenters. The molecule has 0 amide bonds. The van der Waals surface area contributed by atoms with Gasteiger partial charge in [0.15, 0.2) is 0 Å². The third kappa shape index (κ3) is 1.88. The van der Waals surface area contributed by atoms with Gasteiger partial charge in [-0.15, -0.1) is 22.9 Å². The second-order valence-electron chi connectivity index (χ2n) is 2.20. The Kier molecular flexibility index (Phi) is 3.02. The maximum absolute atomic E-state index is 5.74. The molecule has 0 aliphatic rings. The molecule has 0 N–H and O–H groups in total. The van der Waals surface area contributed by atoms with Crippen molar-refractivity contribution >= 4 is 34.5 Å². The summed E-state index contributed by atoms with van der Waals surface area (Å²) in [5.41, 5.74) is 0. The molecular weight excluding hydrogens is 187 g/mol. The standard InChI is InChI=1S/C7H8Cl2S/c1-5(4-8)6-2-3-7(9)10-6/h2-3,5H,4H2,1H3. The van der Waals surface area contributed by atoms with Gasteiger partial charge in [0, 0.05) is 16.7 Å². The first-order valence-corrected chi connectivity index (χ1v) is 4.78. The van der Waals surface area contributed by atoms with E-state index in [0.717, 1.165) is 4.34 Å². The first-order valence-electron chi connectivity index (χ1n) is 3.05. The lowest BCUT2D eigenvalue weighted by Gasteiger charge is -2.00. The molecule has 0 aliphatic heterocycles. The summed E-state index contributed by atoms with van der Waals surface area (Å²) in [4.78, 5) is 1.26. The Morgan fingerprint density at radius 1 is 1.60 bits per heavy atom. The minimum Gasteiger partial charge on any atom is -0.128 e. The fourth-order valence-electron chi connectivity index (χ4n) is 0.669. The van der Waals surface area contributed by atoms with Crippen molar-refractivity contribution in [2.24, 2.45) is 0 Å². The summed E-state index contributed by atoms with van der Waals surface area (Å²) in [6.07, 6.45) is 0. The summed E-state index contributed by atoms with van der Waals surface area (Å²) in [7, 11) is 0. The molecule has 1 aromatic heterocycles. The van der Waals surface area contributed by atoms with Crippen molar-refractivity contribution in [3.05, 3.63) is 21.3 Å². The Morgan fingerprint density at radius 3 is 2.70 bits per heavy atom. The van der Waals surface area contributed by atoms with Gasteiger partial charge in [-0.2, -0.15) is 0 Å². The molecule has 0 nitrogen and oxygen atoms in total. The van der Waals surface area contributed by atoms with Crippen LogP contribution in [0, 0.1) is 0 Å². The highest BCUT2D eigenvalue weighted by atomic mass is 35.5. The molecule has 1 aromatic rings. The Morgan fingerprint density at radius 2 is 2.30 bits per heavy atom. The highest BCUT2D eigenvalue weighted by Gasteiger charge is 2.05. The van der Waals surface area contributed by atoms with Gasteiger partial charge in [0.25, 0.3) is 0 Å². The van der Waals surface area contributed by atoms with E-state index in [-0.39, 0.29) is 0 Å². The molecule has 0 spiro atoms. The van der Waals surface area contributed by atoms with E-state index in [2.05, 4.69) is 6.92 Å². The van der Waals surface area contributed by atoms with Crippen LogP contribution in [0.3, 0.4) is 0 Å². The number of alkyl halides is 1. The van der Waals surface area contributed by atoms with Crippen LogP contribution in [0.25, 0.3) is 0 Å².